The Morgan fingerprint density at radius 2 is 1.64 bits per heavy atom. The van der Waals surface area contributed by atoms with Crippen molar-refractivity contribution in [2.45, 2.75) is 6.92 Å². The Morgan fingerprint density at radius 1 is 1.05 bits per heavy atom. The Labute approximate surface area is 128 Å². The first kappa shape index (κ1) is 14.0. The molecule has 0 aliphatic rings. The Kier molecular flexibility index (Phi) is 3.72. The minimum absolute atomic E-state index is 0.349. The highest BCUT2D eigenvalue weighted by atomic mass is 16.2. The van der Waals surface area contributed by atoms with E-state index < -0.39 is 0 Å². The van der Waals surface area contributed by atoms with Crippen LogP contribution in [0.3, 0.4) is 0 Å². The molecule has 0 fully saturated rings. The van der Waals surface area contributed by atoms with E-state index in [1.54, 1.807) is 4.68 Å². The molecule has 3 N–H and O–H groups in total. The van der Waals surface area contributed by atoms with Crippen molar-refractivity contribution in [3.8, 4) is 16.9 Å². The average Bonchev–Trinajstić information content (AvgIpc) is 2.93. The molecule has 0 unspecified atom stereocenters. The third kappa shape index (κ3) is 2.38. The first-order valence-electron chi connectivity index (χ1n) is 6.93. The number of carbonyl (C=O) groups excluding carboxylic acids is 1. The standard InChI is InChI=1S/C17H16N4O/c1-12-15(17(22)19-18)16(13-8-4-2-5-9-13)20-21(12)14-10-6-3-7-11-14/h2-11H,18H2,1H3,(H,19,22). The fourth-order valence-electron chi connectivity index (χ4n) is 2.46. The van der Waals surface area contributed by atoms with Crippen LogP contribution in [-0.4, -0.2) is 15.7 Å². The van der Waals surface area contributed by atoms with E-state index >= 15 is 0 Å². The molecule has 2 aromatic carbocycles. The van der Waals surface area contributed by atoms with Crippen molar-refractivity contribution in [3.63, 3.8) is 0 Å². The number of hydrogen-bond acceptors (Lipinski definition) is 3. The van der Waals surface area contributed by atoms with Crippen molar-refractivity contribution in [1.29, 1.82) is 0 Å². The zero-order valence-corrected chi connectivity index (χ0v) is 12.2. The van der Waals surface area contributed by atoms with Crippen LogP contribution in [0.2, 0.25) is 0 Å². The summed E-state index contributed by atoms with van der Waals surface area (Å²) in [4.78, 5) is 12.2. The lowest BCUT2D eigenvalue weighted by Gasteiger charge is -2.04. The SMILES string of the molecule is Cc1c(C(=O)NN)c(-c2ccccc2)nn1-c1ccccc1. The molecule has 110 valence electrons. The second-order valence-corrected chi connectivity index (χ2v) is 4.90. The van der Waals surface area contributed by atoms with Crippen LogP contribution in [0.1, 0.15) is 16.1 Å². The van der Waals surface area contributed by atoms with E-state index in [9.17, 15) is 4.79 Å². The van der Waals surface area contributed by atoms with E-state index in [0.29, 0.717) is 11.3 Å². The van der Waals surface area contributed by atoms with Crippen molar-refractivity contribution < 1.29 is 4.79 Å². The molecule has 5 nitrogen and oxygen atoms in total. The Balaban J connectivity index is 2.23. The molecule has 0 bridgehead atoms. The number of hydrazine groups is 1. The summed E-state index contributed by atoms with van der Waals surface area (Å²) in [7, 11) is 0. The van der Waals surface area contributed by atoms with E-state index in [2.05, 4.69) is 10.5 Å². The van der Waals surface area contributed by atoms with Crippen LogP contribution in [0.4, 0.5) is 0 Å². The number of aromatic nitrogens is 2. The largest absolute Gasteiger partial charge is 0.290 e. The second-order valence-electron chi connectivity index (χ2n) is 4.90. The summed E-state index contributed by atoms with van der Waals surface area (Å²) in [5.41, 5.74) is 5.82. The number of nitrogens with zero attached hydrogens (tertiary/aromatic N) is 2. The number of nitrogens with one attached hydrogen (secondary N) is 1. The first-order valence-corrected chi connectivity index (χ1v) is 6.93. The summed E-state index contributed by atoms with van der Waals surface area (Å²) in [6.07, 6.45) is 0. The van der Waals surface area contributed by atoms with Gasteiger partial charge in [-0.25, -0.2) is 10.5 Å². The maximum atomic E-state index is 12.2. The molecule has 1 amide bonds. The maximum Gasteiger partial charge on any atom is 0.269 e. The van der Waals surface area contributed by atoms with Gasteiger partial charge in [0.05, 0.1) is 16.9 Å². The van der Waals surface area contributed by atoms with E-state index in [1.165, 1.54) is 0 Å². The fraction of sp³-hybridized carbons (Fsp3) is 0.0588. The number of amides is 1. The quantitative estimate of drug-likeness (QED) is 0.442. The lowest BCUT2D eigenvalue weighted by atomic mass is 10.1. The van der Waals surface area contributed by atoms with Crippen LogP contribution in [0.15, 0.2) is 60.7 Å². The molecule has 0 spiro atoms. The molecule has 22 heavy (non-hydrogen) atoms. The molecule has 3 rings (SSSR count). The fourth-order valence-corrected chi connectivity index (χ4v) is 2.46. The van der Waals surface area contributed by atoms with Crippen molar-refractivity contribution in [2.24, 2.45) is 5.84 Å². The number of rotatable bonds is 3. The van der Waals surface area contributed by atoms with Gasteiger partial charge in [-0.1, -0.05) is 48.5 Å². The Morgan fingerprint density at radius 3 is 2.23 bits per heavy atom. The lowest BCUT2D eigenvalue weighted by Crippen LogP contribution is -2.30. The number of nitrogen functional groups attached to an aromatic ring is 1. The second kappa shape index (κ2) is 5.83. The third-order valence-corrected chi connectivity index (χ3v) is 3.52. The normalized spacial score (nSPS) is 10.5. The molecule has 5 heteroatoms. The number of nitrogens with two attached hydrogens (primary N) is 1. The molecule has 0 radical (unpaired) electrons. The molecule has 0 atom stereocenters. The zero-order chi connectivity index (χ0) is 15.5. The van der Waals surface area contributed by atoms with Gasteiger partial charge in [0, 0.05) is 5.56 Å². The van der Waals surface area contributed by atoms with Gasteiger partial charge in [0.1, 0.15) is 5.69 Å². The number of benzene rings is 2. The first-order chi connectivity index (χ1) is 10.7. The molecule has 0 aliphatic heterocycles. The van der Waals surface area contributed by atoms with Gasteiger partial charge < -0.3 is 0 Å². The summed E-state index contributed by atoms with van der Waals surface area (Å²) >= 11 is 0. The van der Waals surface area contributed by atoms with Gasteiger partial charge >= 0.3 is 0 Å². The summed E-state index contributed by atoms with van der Waals surface area (Å²) in [6, 6.07) is 19.3. The van der Waals surface area contributed by atoms with E-state index in [4.69, 9.17) is 5.84 Å². The Bertz CT molecular complexity index is 794. The predicted molar refractivity (Wildman–Crippen MR) is 85.4 cm³/mol. The zero-order valence-electron chi connectivity index (χ0n) is 12.2. The van der Waals surface area contributed by atoms with Crippen molar-refractivity contribution in [2.75, 3.05) is 0 Å². The van der Waals surface area contributed by atoms with Crippen molar-refractivity contribution in [1.82, 2.24) is 15.2 Å². The number of para-hydroxylation sites is 1. The van der Waals surface area contributed by atoms with E-state index in [-0.39, 0.29) is 5.91 Å². The summed E-state index contributed by atoms with van der Waals surface area (Å²) in [5, 5.41) is 4.62. The number of hydrogen-bond donors (Lipinski definition) is 2. The van der Waals surface area contributed by atoms with Crippen LogP contribution < -0.4 is 11.3 Å². The summed E-state index contributed by atoms with van der Waals surface area (Å²) in [5.74, 6) is 4.98. The van der Waals surface area contributed by atoms with Gasteiger partial charge in [0.25, 0.3) is 5.91 Å². The highest BCUT2D eigenvalue weighted by Gasteiger charge is 2.22. The monoisotopic (exact) mass is 292 g/mol. The smallest absolute Gasteiger partial charge is 0.269 e. The minimum atomic E-state index is -0.349. The molecule has 0 aliphatic carbocycles. The van der Waals surface area contributed by atoms with E-state index in [0.717, 1.165) is 16.9 Å². The van der Waals surface area contributed by atoms with Gasteiger partial charge in [-0.05, 0) is 19.1 Å². The van der Waals surface area contributed by atoms with Gasteiger partial charge in [0.2, 0.25) is 0 Å². The minimum Gasteiger partial charge on any atom is -0.290 e. The molecule has 0 saturated heterocycles. The van der Waals surface area contributed by atoms with Gasteiger partial charge in [-0.2, -0.15) is 5.10 Å². The van der Waals surface area contributed by atoms with Gasteiger partial charge in [-0.3, -0.25) is 10.2 Å². The summed E-state index contributed by atoms with van der Waals surface area (Å²) in [6.45, 7) is 1.86. The van der Waals surface area contributed by atoms with Crippen molar-refractivity contribution in [3.05, 3.63) is 71.9 Å². The van der Waals surface area contributed by atoms with Crippen LogP contribution in [0.5, 0.6) is 0 Å². The predicted octanol–water partition coefficient (Wildman–Crippen LogP) is 2.45. The summed E-state index contributed by atoms with van der Waals surface area (Å²) < 4.78 is 1.76. The van der Waals surface area contributed by atoms with Crippen LogP contribution in [-0.2, 0) is 0 Å². The molecule has 1 aromatic heterocycles. The number of carbonyl (C=O) groups is 1. The van der Waals surface area contributed by atoms with Gasteiger partial charge in [0.15, 0.2) is 0 Å². The third-order valence-electron chi connectivity index (χ3n) is 3.52. The lowest BCUT2D eigenvalue weighted by molar-refractivity contribution is 0.0953. The molecule has 0 saturated carbocycles. The van der Waals surface area contributed by atoms with E-state index in [1.807, 2.05) is 67.6 Å². The molecule has 1 heterocycles. The molecular formula is C17H16N4O. The topological polar surface area (TPSA) is 72.9 Å². The Hall–Kier alpha value is -2.92. The average molecular weight is 292 g/mol. The van der Waals surface area contributed by atoms with Crippen molar-refractivity contribution >= 4 is 5.91 Å². The van der Waals surface area contributed by atoms with Crippen LogP contribution in [0, 0.1) is 6.92 Å². The van der Waals surface area contributed by atoms with Crippen LogP contribution in [0.25, 0.3) is 16.9 Å². The maximum absolute atomic E-state index is 12.2. The van der Waals surface area contributed by atoms with Crippen LogP contribution >= 0.6 is 0 Å². The van der Waals surface area contributed by atoms with Gasteiger partial charge in [-0.15, -0.1) is 0 Å². The highest BCUT2D eigenvalue weighted by Crippen LogP contribution is 2.26. The molecule has 3 aromatic rings. The molecular weight excluding hydrogens is 276 g/mol. The highest BCUT2D eigenvalue weighted by molar-refractivity contribution is 6.01.